The van der Waals surface area contributed by atoms with Crippen LogP contribution in [0.25, 0.3) is 0 Å². The Balaban J connectivity index is 2.35. The Kier molecular flexibility index (Phi) is 4.24. The van der Waals surface area contributed by atoms with Crippen molar-refractivity contribution in [1.82, 2.24) is 4.31 Å². The normalized spacial score (nSPS) is 20.0. The summed E-state index contributed by atoms with van der Waals surface area (Å²) >= 11 is 11.8. The van der Waals surface area contributed by atoms with Crippen molar-refractivity contribution in [1.29, 1.82) is 0 Å². The molecule has 0 unspecified atom stereocenters. The van der Waals surface area contributed by atoms with Crippen LogP contribution in [0.3, 0.4) is 0 Å². The van der Waals surface area contributed by atoms with Gasteiger partial charge in [-0.05, 0) is 31.9 Å². The number of nitrogens with zero attached hydrogens (tertiary/aromatic N) is 1. The molecule has 1 heterocycles. The topological polar surface area (TPSA) is 83.6 Å². The summed E-state index contributed by atoms with van der Waals surface area (Å²) in [5.74, 6) is 0. The van der Waals surface area contributed by atoms with Gasteiger partial charge in [0.1, 0.15) is 4.90 Å². The maximum atomic E-state index is 12.5. The molecule has 5 nitrogen and oxygen atoms in total. The first kappa shape index (κ1) is 15.9. The minimum absolute atomic E-state index is 0.0531. The van der Waals surface area contributed by atoms with Crippen LogP contribution in [0.2, 0.25) is 10.0 Å². The Bertz CT molecular complexity index is 622. The average molecular weight is 339 g/mol. The summed E-state index contributed by atoms with van der Waals surface area (Å²) in [5.41, 5.74) is 4.89. The molecule has 1 aromatic rings. The highest BCUT2D eigenvalue weighted by Gasteiger charge is 2.35. The first-order valence-electron chi connectivity index (χ1n) is 6.11. The second kappa shape index (κ2) is 5.35. The molecule has 0 amide bonds. The predicted molar refractivity (Wildman–Crippen MR) is 79.5 cm³/mol. The zero-order valence-corrected chi connectivity index (χ0v) is 13.3. The van der Waals surface area contributed by atoms with Gasteiger partial charge in [-0.15, -0.1) is 0 Å². The summed E-state index contributed by atoms with van der Waals surface area (Å²) < 4.78 is 26.4. The lowest BCUT2D eigenvalue weighted by Crippen LogP contribution is -2.45. The number of piperidine rings is 1. The van der Waals surface area contributed by atoms with Crippen LogP contribution in [0, 0.1) is 0 Å². The van der Waals surface area contributed by atoms with Crippen LogP contribution in [0.4, 0.5) is 5.69 Å². The fourth-order valence-corrected chi connectivity index (χ4v) is 4.28. The van der Waals surface area contributed by atoms with E-state index in [1.165, 1.54) is 16.4 Å². The van der Waals surface area contributed by atoms with Crippen molar-refractivity contribution in [2.75, 3.05) is 18.8 Å². The molecule has 8 heteroatoms. The maximum Gasteiger partial charge on any atom is 0.244 e. The number of nitrogens with two attached hydrogens (primary N) is 1. The fraction of sp³-hybridized carbons (Fsp3) is 0.500. The quantitative estimate of drug-likeness (QED) is 0.809. The number of hydrogen-bond donors (Lipinski definition) is 2. The van der Waals surface area contributed by atoms with E-state index >= 15 is 0 Å². The van der Waals surface area contributed by atoms with E-state index in [9.17, 15) is 13.5 Å². The molecular weight excluding hydrogens is 323 g/mol. The predicted octanol–water partition coefficient (Wildman–Crippen LogP) is 2.11. The first-order valence-corrected chi connectivity index (χ1v) is 8.31. The summed E-state index contributed by atoms with van der Waals surface area (Å²) in [6.45, 7) is 2.19. The van der Waals surface area contributed by atoms with Crippen LogP contribution in [0.5, 0.6) is 0 Å². The summed E-state index contributed by atoms with van der Waals surface area (Å²) in [5, 5.41) is 10.0. The van der Waals surface area contributed by atoms with E-state index in [1.807, 2.05) is 0 Å². The van der Waals surface area contributed by atoms with Crippen molar-refractivity contribution < 1.29 is 13.5 Å². The number of aliphatic hydroxyl groups is 1. The number of hydrogen-bond acceptors (Lipinski definition) is 4. The second-order valence-electron chi connectivity index (χ2n) is 5.17. The number of nitrogen functional groups attached to an aromatic ring is 1. The van der Waals surface area contributed by atoms with Crippen LogP contribution in [-0.4, -0.2) is 36.5 Å². The molecule has 1 aromatic carbocycles. The summed E-state index contributed by atoms with van der Waals surface area (Å²) in [6, 6.07) is 2.76. The molecule has 0 aromatic heterocycles. The Hall–Kier alpha value is -0.530. The molecule has 1 aliphatic rings. The van der Waals surface area contributed by atoms with Crippen molar-refractivity contribution in [2.24, 2.45) is 0 Å². The molecule has 0 atom stereocenters. The summed E-state index contributed by atoms with van der Waals surface area (Å²) in [7, 11) is -3.73. The van der Waals surface area contributed by atoms with E-state index < -0.39 is 15.6 Å². The molecule has 2 rings (SSSR count). The smallest absolute Gasteiger partial charge is 0.244 e. The Morgan fingerprint density at radius 3 is 2.40 bits per heavy atom. The van der Waals surface area contributed by atoms with E-state index in [-0.39, 0.29) is 33.7 Å². The molecule has 0 aliphatic carbocycles. The van der Waals surface area contributed by atoms with Crippen molar-refractivity contribution in [3.63, 3.8) is 0 Å². The van der Waals surface area contributed by atoms with Gasteiger partial charge in [0.25, 0.3) is 0 Å². The number of sulfonamides is 1. The second-order valence-corrected chi connectivity index (χ2v) is 7.87. The van der Waals surface area contributed by atoms with Gasteiger partial charge in [-0.3, -0.25) is 0 Å². The van der Waals surface area contributed by atoms with Crippen molar-refractivity contribution in [3.8, 4) is 0 Å². The minimum atomic E-state index is -3.73. The lowest BCUT2D eigenvalue weighted by Gasteiger charge is -2.35. The van der Waals surface area contributed by atoms with Crippen molar-refractivity contribution in [3.05, 3.63) is 22.2 Å². The zero-order chi connectivity index (χ0) is 15.1. The molecule has 112 valence electrons. The van der Waals surface area contributed by atoms with Crippen molar-refractivity contribution in [2.45, 2.75) is 30.3 Å². The zero-order valence-electron chi connectivity index (χ0n) is 10.9. The fourth-order valence-electron chi connectivity index (χ4n) is 2.10. The molecule has 1 saturated heterocycles. The highest BCUT2D eigenvalue weighted by Crippen LogP contribution is 2.35. The van der Waals surface area contributed by atoms with Crippen LogP contribution in [0.15, 0.2) is 17.0 Å². The van der Waals surface area contributed by atoms with Gasteiger partial charge < -0.3 is 10.8 Å². The highest BCUT2D eigenvalue weighted by molar-refractivity contribution is 7.89. The third kappa shape index (κ3) is 2.89. The van der Waals surface area contributed by atoms with E-state index in [0.29, 0.717) is 12.8 Å². The third-order valence-corrected chi connectivity index (χ3v) is 6.30. The van der Waals surface area contributed by atoms with Gasteiger partial charge >= 0.3 is 0 Å². The molecule has 0 bridgehead atoms. The number of benzene rings is 1. The lowest BCUT2D eigenvalue weighted by molar-refractivity contribution is 0.0126. The minimum Gasteiger partial charge on any atom is -0.396 e. The van der Waals surface area contributed by atoms with E-state index in [0.717, 1.165) is 0 Å². The van der Waals surface area contributed by atoms with Gasteiger partial charge in [0.2, 0.25) is 10.0 Å². The first-order chi connectivity index (χ1) is 9.15. The molecule has 0 radical (unpaired) electrons. The monoisotopic (exact) mass is 338 g/mol. The van der Waals surface area contributed by atoms with Crippen LogP contribution >= 0.6 is 23.2 Å². The number of halogens is 2. The Morgan fingerprint density at radius 2 is 1.85 bits per heavy atom. The lowest BCUT2D eigenvalue weighted by atomic mass is 9.95. The molecule has 20 heavy (non-hydrogen) atoms. The highest BCUT2D eigenvalue weighted by atomic mass is 35.5. The van der Waals surface area contributed by atoms with Gasteiger partial charge in [0, 0.05) is 13.1 Å². The van der Waals surface area contributed by atoms with Crippen molar-refractivity contribution >= 4 is 38.9 Å². The SMILES string of the molecule is CC1(O)CCN(S(=O)(=O)c2ccc(Cl)c(N)c2Cl)CC1. The third-order valence-electron chi connectivity index (χ3n) is 3.51. The largest absolute Gasteiger partial charge is 0.396 e. The molecule has 1 aliphatic heterocycles. The Morgan fingerprint density at radius 1 is 1.30 bits per heavy atom. The van der Waals surface area contributed by atoms with Gasteiger partial charge in [0.05, 0.1) is 21.3 Å². The summed E-state index contributed by atoms with van der Waals surface area (Å²) in [4.78, 5) is -0.0531. The molecule has 3 N–H and O–H groups in total. The molecule has 0 spiro atoms. The maximum absolute atomic E-state index is 12.5. The van der Waals surface area contributed by atoms with Crippen LogP contribution in [-0.2, 0) is 10.0 Å². The summed E-state index contributed by atoms with van der Waals surface area (Å²) in [6.07, 6.45) is 0.764. The van der Waals surface area contributed by atoms with Gasteiger partial charge in [-0.1, -0.05) is 23.2 Å². The molecule has 1 fully saturated rings. The average Bonchev–Trinajstić information content (AvgIpc) is 2.35. The number of rotatable bonds is 2. The van der Waals surface area contributed by atoms with E-state index in [4.69, 9.17) is 28.9 Å². The Labute approximate surface area is 128 Å². The van der Waals surface area contributed by atoms with Crippen LogP contribution in [0.1, 0.15) is 19.8 Å². The standard InChI is InChI=1S/C12H16Cl2N2O3S/c1-12(17)4-6-16(7-5-12)20(18,19)9-3-2-8(13)11(15)10(9)14/h2-3,17H,4-7,15H2,1H3. The van der Waals surface area contributed by atoms with Crippen LogP contribution < -0.4 is 5.73 Å². The van der Waals surface area contributed by atoms with Gasteiger partial charge in [-0.2, -0.15) is 4.31 Å². The number of anilines is 1. The molecule has 0 saturated carbocycles. The van der Waals surface area contributed by atoms with E-state index in [2.05, 4.69) is 0 Å². The van der Waals surface area contributed by atoms with Gasteiger partial charge in [0.15, 0.2) is 0 Å². The van der Waals surface area contributed by atoms with Gasteiger partial charge in [-0.25, -0.2) is 8.42 Å². The van der Waals surface area contributed by atoms with E-state index in [1.54, 1.807) is 6.92 Å². The molecular formula is C12H16Cl2N2O3S.